The highest BCUT2D eigenvalue weighted by atomic mass is 35.5. The molecule has 0 amide bonds. The Kier molecular flexibility index (Phi) is 3.66. The average Bonchev–Trinajstić information content (AvgIpc) is 2.85. The van der Waals surface area contributed by atoms with E-state index in [9.17, 15) is 9.18 Å². The summed E-state index contributed by atoms with van der Waals surface area (Å²) in [5.74, 6) is -1.19. The van der Waals surface area contributed by atoms with Crippen LogP contribution in [0.5, 0.6) is 0 Å². The van der Waals surface area contributed by atoms with Crippen LogP contribution in [0, 0.1) is 5.82 Å². The van der Waals surface area contributed by atoms with Gasteiger partial charge in [0.15, 0.2) is 5.76 Å². The van der Waals surface area contributed by atoms with Crippen LogP contribution in [0.1, 0.15) is 16.1 Å². The molecule has 0 atom stereocenters. The molecule has 3 aromatic rings. The van der Waals surface area contributed by atoms with E-state index in [2.05, 4.69) is 0 Å². The van der Waals surface area contributed by atoms with E-state index >= 15 is 0 Å². The Morgan fingerprint density at radius 2 is 1.76 bits per heavy atom. The highest BCUT2D eigenvalue weighted by molar-refractivity contribution is 6.37. The van der Waals surface area contributed by atoms with Crippen LogP contribution in [-0.4, -0.2) is 5.78 Å². The first-order chi connectivity index (χ1) is 9.95. The molecule has 21 heavy (non-hydrogen) atoms. The Morgan fingerprint density at radius 1 is 1.00 bits per heavy atom. The third kappa shape index (κ3) is 2.64. The largest absolute Gasteiger partial charge is 0.453 e. The molecular weight excluding hydrogens is 338 g/mol. The van der Waals surface area contributed by atoms with Crippen molar-refractivity contribution in [1.29, 1.82) is 0 Å². The number of hydrogen-bond acceptors (Lipinski definition) is 2. The molecule has 0 aliphatic heterocycles. The molecule has 0 spiro atoms. The lowest BCUT2D eigenvalue weighted by atomic mass is 10.1. The zero-order valence-electron chi connectivity index (χ0n) is 10.3. The molecule has 0 bridgehead atoms. The van der Waals surface area contributed by atoms with E-state index in [1.165, 1.54) is 12.1 Å². The number of carbonyl (C=O) groups is 1. The van der Waals surface area contributed by atoms with E-state index in [0.717, 1.165) is 6.07 Å². The van der Waals surface area contributed by atoms with Gasteiger partial charge in [0.2, 0.25) is 5.78 Å². The third-order valence-electron chi connectivity index (χ3n) is 2.96. The van der Waals surface area contributed by atoms with Gasteiger partial charge in [-0.15, -0.1) is 0 Å². The summed E-state index contributed by atoms with van der Waals surface area (Å²) in [6, 6.07) is 8.68. The lowest BCUT2D eigenvalue weighted by Gasteiger charge is -2.02. The SMILES string of the molecule is O=C(c1cc2cc(Cl)ccc2o1)c1cc(F)c(Cl)cc1Cl. The zero-order valence-corrected chi connectivity index (χ0v) is 12.6. The summed E-state index contributed by atoms with van der Waals surface area (Å²) in [5.41, 5.74) is 0.497. The van der Waals surface area contributed by atoms with Gasteiger partial charge < -0.3 is 4.42 Å². The highest BCUT2D eigenvalue weighted by Gasteiger charge is 2.19. The number of rotatable bonds is 2. The Labute approximate surface area is 134 Å². The van der Waals surface area contributed by atoms with Gasteiger partial charge in [0.05, 0.1) is 10.0 Å². The Hall–Kier alpha value is -1.55. The van der Waals surface area contributed by atoms with Gasteiger partial charge in [-0.3, -0.25) is 4.79 Å². The molecule has 2 nitrogen and oxygen atoms in total. The van der Waals surface area contributed by atoms with Crippen molar-refractivity contribution in [1.82, 2.24) is 0 Å². The molecule has 0 unspecified atom stereocenters. The molecule has 3 rings (SSSR count). The van der Waals surface area contributed by atoms with Crippen molar-refractivity contribution in [2.24, 2.45) is 0 Å². The monoisotopic (exact) mass is 342 g/mol. The minimum atomic E-state index is -0.719. The van der Waals surface area contributed by atoms with Crippen LogP contribution in [0.3, 0.4) is 0 Å². The molecule has 1 heterocycles. The number of fused-ring (bicyclic) bond motifs is 1. The molecule has 6 heteroatoms. The standard InChI is InChI=1S/C15H6Cl3FO2/c16-8-1-2-13-7(3-8)4-14(21-13)15(20)9-5-12(19)11(18)6-10(9)17/h1-6H. The average molecular weight is 344 g/mol. The zero-order chi connectivity index (χ0) is 15.1. The van der Waals surface area contributed by atoms with Gasteiger partial charge in [0.25, 0.3) is 0 Å². The van der Waals surface area contributed by atoms with E-state index < -0.39 is 11.6 Å². The smallest absolute Gasteiger partial charge is 0.229 e. The number of ketones is 1. The number of carbonyl (C=O) groups excluding carboxylic acids is 1. The predicted octanol–water partition coefficient (Wildman–Crippen LogP) is 5.76. The van der Waals surface area contributed by atoms with Crippen molar-refractivity contribution in [3.8, 4) is 0 Å². The molecule has 0 saturated carbocycles. The summed E-state index contributed by atoms with van der Waals surface area (Å²) in [6.45, 7) is 0. The summed E-state index contributed by atoms with van der Waals surface area (Å²) in [4.78, 5) is 12.4. The van der Waals surface area contributed by atoms with Gasteiger partial charge in [-0.25, -0.2) is 4.39 Å². The van der Waals surface area contributed by atoms with E-state index in [1.807, 2.05) is 0 Å². The van der Waals surface area contributed by atoms with Gasteiger partial charge in [-0.05, 0) is 36.4 Å². The van der Waals surface area contributed by atoms with E-state index in [4.69, 9.17) is 39.2 Å². The molecular formula is C15H6Cl3FO2. The van der Waals surface area contributed by atoms with Crippen LogP contribution >= 0.6 is 34.8 Å². The van der Waals surface area contributed by atoms with Crippen LogP contribution in [0.2, 0.25) is 15.1 Å². The topological polar surface area (TPSA) is 30.2 Å². The van der Waals surface area contributed by atoms with Crippen molar-refractivity contribution < 1.29 is 13.6 Å². The van der Waals surface area contributed by atoms with Crippen LogP contribution in [0.15, 0.2) is 40.8 Å². The first-order valence-corrected chi connectivity index (χ1v) is 6.97. The predicted molar refractivity (Wildman–Crippen MR) is 81.1 cm³/mol. The highest BCUT2D eigenvalue weighted by Crippen LogP contribution is 2.29. The molecule has 0 fully saturated rings. The van der Waals surface area contributed by atoms with Crippen molar-refractivity contribution >= 4 is 51.6 Å². The van der Waals surface area contributed by atoms with Gasteiger partial charge in [-0.1, -0.05) is 34.8 Å². The first-order valence-electron chi connectivity index (χ1n) is 5.84. The summed E-state index contributed by atoms with van der Waals surface area (Å²) in [6.07, 6.45) is 0. The molecule has 0 aliphatic carbocycles. The second-order valence-corrected chi connectivity index (χ2v) is 5.62. The number of hydrogen-bond donors (Lipinski definition) is 0. The van der Waals surface area contributed by atoms with Gasteiger partial charge in [0, 0.05) is 16.0 Å². The van der Waals surface area contributed by atoms with E-state index in [0.29, 0.717) is 16.0 Å². The van der Waals surface area contributed by atoms with Crippen LogP contribution < -0.4 is 0 Å². The van der Waals surface area contributed by atoms with E-state index in [-0.39, 0.29) is 21.4 Å². The summed E-state index contributed by atoms with van der Waals surface area (Å²) in [5, 5.41) is 1.12. The fourth-order valence-electron chi connectivity index (χ4n) is 1.96. The maximum atomic E-state index is 13.5. The fraction of sp³-hybridized carbons (Fsp3) is 0. The molecule has 0 aliphatic rings. The molecule has 1 aromatic heterocycles. The van der Waals surface area contributed by atoms with E-state index in [1.54, 1.807) is 18.2 Å². The van der Waals surface area contributed by atoms with Gasteiger partial charge in [-0.2, -0.15) is 0 Å². The maximum Gasteiger partial charge on any atom is 0.229 e. The molecule has 0 radical (unpaired) electrons. The minimum absolute atomic E-state index is 0.0104. The summed E-state index contributed by atoms with van der Waals surface area (Å²) < 4.78 is 18.9. The number of halogens is 4. The summed E-state index contributed by atoms with van der Waals surface area (Å²) >= 11 is 17.4. The van der Waals surface area contributed by atoms with Crippen LogP contribution in [-0.2, 0) is 0 Å². The Morgan fingerprint density at radius 3 is 2.52 bits per heavy atom. The number of furan rings is 1. The quantitative estimate of drug-likeness (QED) is 0.437. The van der Waals surface area contributed by atoms with Crippen molar-refractivity contribution in [2.75, 3.05) is 0 Å². The minimum Gasteiger partial charge on any atom is -0.453 e. The number of benzene rings is 2. The Bertz CT molecular complexity index is 871. The molecule has 0 saturated heterocycles. The third-order valence-corrected chi connectivity index (χ3v) is 3.79. The van der Waals surface area contributed by atoms with Crippen molar-refractivity contribution in [3.63, 3.8) is 0 Å². The van der Waals surface area contributed by atoms with Crippen LogP contribution in [0.4, 0.5) is 4.39 Å². The normalized spacial score (nSPS) is 11.0. The fourth-order valence-corrected chi connectivity index (χ4v) is 2.60. The summed E-state index contributed by atoms with van der Waals surface area (Å²) in [7, 11) is 0. The van der Waals surface area contributed by atoms with Gasteiger partial charge in [0.1, 0.15) is 11.4 Å². The molecule has 0 N–H and O–H groups in total. The van der Waals surface area contributed by atoms with Gasteiger partial charge >= 0.3 is 0 Å². The Balaban J connectivity index is 2.10. The second kappa shape index (κ2) is 5.34. The molecule has 2 aromatic carbocycles. The van der Waals surface area contributed by atoms with Crippen molar-refractivity contribution in [2.45, 2.75) is 0 Å². The lowest BCUT2D eigenvalue weighted by Crippen LogP contribution is -2.01. The van der Waals surface area contributed by atoms with Crippen molar-refractivity contribution in [3.05, 3.63) is 68.6 Å². The van der Waals surface area contributed by atoms with Crippen LogP contribution in [0.25, 0.3) is 11.0 Å². The lowest BCUT2D eigenvalue weighted by molar-refractivity contribution is 0.101. The maximum absolute atomic E-state index is 13.5. The molecule has 106 valence electrons. The second-order valence-electron chi connectivity index (χ2n) is 4.37. The first kappa shape index (κ1) is 14.4.